The SMILES string of the molecule is COc1ccc(O)c(-c2ccccc2N(Cc2ccc(C(=O)O)s2)C(=O)O[C@H]2CN3CCC2CC3)c1. The molecule has 3 aliphatic rings. The topological polar surface area (TPSA) is 99.5 Å². The molecule has 3 saturated heterocycles. The summed E-state index contributed by atoms with van der Waals surface area (Å²) in [5, 5.41) is 20.0. The number of rotatable bonds is 7. The molecule has 0 saturated carbocycles. The first-order chi connectivity index (χ1) is 17.4. The summed E-state index contributed by atoms with van der Waals surface area (Å²) >= 11 is 1.12. The van der Waals surface area contributed by atoms with Crippen molar-refractivity contribution in [3.05, 3.63) is 64.4 Å². The number of amides is 1. The van der Waals surface area contributed by atoms with Gasteiger partial charge in [-0.05, 0) is 68.2 Å². The number of hydrogen-bond acceptors (Lipinski definition) is 7. The molecule has 0 unspecified atom stereocenters. The summed E-state index contributed by atoms with van der Waals surface area (Å²) in [6, 6.07) is 15.5. The minimum atomic E-state index is -1.01. The van der Waals surface area contributed by atoms with Gasteiger partial charge in [0.05, 0.1) is 19.3 Å². The summed E-state index contributed by atoms with van der Waals surface area (Å²) in [4.78, 5) is 29.9. The number of anilines is 1. The van der Waals surface area contributed by atoms with E-state index in [1.165, 1.54) is 4.90 Å². The van der Waals surface area contributed by atoms with Crippen molar-refractivity contribution in [3.63, 3.8) is 0 Å². The zero-order chi connectivity index (χ0) is 25.2. The third-order valence-corrected chi connectivity index (χ3v) is 8.00. The van der Waals surface area contributed by atoms with Crippen LogP contribution in [0.3, 0.4) is 0 Å². The number of phenols is 1. The molecule has 2 bridgehead atoms. The first kappa shape index (κ1) is 24.1. The van der Waals surface area contributed by atoms with E-state index >= 15 is 0 Å². The summed E-state index contributed by atoms with van der Waals surface area (Å²) < 4.78 is 11.4. The maximum absolute atomic E-state index is 13.7. The number of benzene rings is 2. The summed E-state index contributed by atoms with van der Waals surface area (Å²) in [5.74, 6) is -0.0326. The molecule has 8 nitrogen and oxygen atoms in total. The first-order valence-electron chi connectivity index (χ1n) is 11.9. The smallest absolute Gasteiger partial charge is 0.414 e. The average molecular weight is 509 g/mol. The van der Waals surface area contributed by atoms with E-state index in [9.17, 15) is 19.8 Å². The minimum absolute atomic E-state index is 0.0539. The quantitative estimate of drug-likeness (QED) is 0.460. The Morgan fingerprint density at radius 3 is 2.53 bits per heavy atom. The monoisotopic (exact) mass is 508 g/mol. The van der Waals surface area contributed by atoms with Gasteiger partial charge in [0, 0.05) is 22.5 Å². The van der Waals surface area contributed by atoms with Crippen LogP contribution in [0.15, 0.2) is 54.6 Å². The molecule has 3 fully saturated rings. The largest absolute Gasteiger partial charge is 0.507 e. The molecule has 1 amide bonds. The Labute approximate surface area is 213 Å². The molecule has 188 valence electrons. The normalized spacial score (nSPS) is 20.6. The summed E-state index contributed by atoms with van der Waals surface area (Å²) in [6.45, 7) is 2.94. The van der Waals surface area contributed by atoms with E-state index < -0.39 is 12.1 Å². The number of thiophene rings is 1. The van der Waals surface area contributed by atoms with E-state index in [0.717, 1.165) is 43.8 Å². The van der Waals surface area contributed by atoms with Crippen LogP contribution in [0.4, 0.5) is 10.5 Å². The summed E-state index contributed by atoms with van der Waals surface area (Å²) in [7, 11) is 1.55. The van der Waals surface area contributed by atoms with Gasteiger partial charge in [-0.1, -0.05) is 18.2 Å². The Bertz CT molecular complexity index is 1270. The van der Waals surface area contributed by atoms with Gasteiger partial charge in [0.15, 0.2) is 0 Å². The fourth-order valence-electron chi connectivity index (χ4n) is 5.01. The Balaban J connectivity index is 1.52. The number of carboxylic acid groups (broad SMARTS) is 1. The number of ether oxygens (including phenoxy) is 2. The zero-order valence-electron chi connectivity index (χ0n) is 19.9. The number of aromatic carboxylic acids is 1. The van der Waals surface area contributed by atoms with Crippen molar-refractivity contribution in [3.8, 4) is 22.6 Å². The molecule has 3 aromatic rings. The van der Waals surface area contributed by atoms with Gasteiger partial charge in [-0.25, -0.2) is 9.59 Å². The molecular formula is C27H28N2O6S. The second kappa shape index (κ2) is 10.2. The number of hydrogen-bond donors (Lipinski definition) is 2. The third kappa shape index (κ3) is 4.89. The summed E-state index contributed by atoms with van der Waals surface area (Å²) in [5.41, 5.74) is 1.70. The van der Waals surface area contributed by atoms with Crippen molar-refractivity contribution >= 4 is 29.1 Å². The fraction of sp³-hybridized carbons (Fsp3) is 0.333. The Morgan fingerprint density at radius 2 is 1.86 bits per heavy atom. The highest BCUT2D eigenvalue weighted by molar-refractivity contribution is 7.13. The highest BCUT2D eigenvalue weighted by atomic mass is 32.1. The van der Waals surface area contributed by atoms with Crippen LogP contribution in [0.25, 0.3) is 11.1 Å². The molecule has 2 aromatic carbocycles. The van der Waals surface area contributed by atoms with E-state index in [4.69, 9.17) is 9.47 Å². The molecule has 0 radical (unpaired) electrons. The van der Waals surface area contributed by atoms with Crippen LogP contribution in [0.1, 0.15) is 27.4 Å². The fourth-order valence-corrected chi connectivity index (χ4v) is 5.85. The lowest BCUT2D eigenvalue weighted by molar-refractivity contribution is -0.0311. The molecule has 36 heavy (non-hydrogen) atoms. The number of fused-ring (bicyclic) bond motifs is 3. The average Bonchev–Trinajstić information content (AvgIpc) is 3.38. The molecular weight excluding hydrogens is 480 g/mol. The zero-order valence-corrected chi connectivity index (χ0v) is 20.7. The second-order valence-corrected chi connectivity index (χ2v) is 10.3. The number of phenolic OH excluding ortho intramolecular Hbond substituents is 1. The lowest BCUT2D eigenvalue weighted by Crippen LogP contribution is -2.53. The van der Waals surface area contributed by atoms with Gasteiger partial charge in [0.1, 0.15) is 22.5 Å². The molecule has 4 heterocycles. The molecule has 0 aliphatic carbocycles. The summed E-state index contributed by atoms with van der Waals surface area (Å²) in [6.07, 6.45) is 1.35. The predicted octanol–water partition coefficient (Wildman–Crippen LogP) is 5.06. The van der Waals surface area contributed by atoms with Crippen LogP contribution in [-0.4, -0.2) is 60.0 Å². The van der Waals surface area contributed by atoms with Gasteiger partial charge in [-0.3, -0.25) is 9.80 Å². The molecule has 2 N–H and O–H groups in total. The molecule has 6 rings (SSSR count). The number of methoxy groups -OCH3 is 1. The highest BCUT2D eigenvalue weighted by Gasteiger charge is 2.37. The van der Waals surface area contributed by atoms with Gasteiger partial charge in [0.2, 0.25) is 0 Å². The van der Waals surface area contributed by atoms with E-state index in [1.54, 1.807) is 43.5 Å². The van der Waals surface area contributed by atoms with Gasteiger partial charge in [0.25, 0.3) is 0 Å². The Hall–Kier alpha value is -3.56. The number of carbonyl (C=O) groups excluding carboxylic acids is 1. The van der Waals surface area contributed by atoms with E-state index in [2.05, 4.69) is 4.90 Å². The van der Waals surface area contributed by atoms with Crippen molar-refractivity contribution in [2.75, 3.05) is 31.6 Å². The first-order valence-corrected chi connectivity index (χ1v) is 12.7. The standard InChI is InChI=1S/C27H28N2O6S/c1-34-18-6-8-23(30)21(14-18)20-4-2-3-5-22(20)29(15-19-7-9-25(36-19)26(31)32)27(33)35-24-16-28-12-10-17(24)11-13-28/h2-9,14,17,24,30H,10-13,15-16H2,1H3,(H,31,32)/t24-/m0/s1. The van der Waals surface area contributed by atoms with Gasteiger partial charge >= 0.3 is 12.1 Å². The third-order valence-electron chi connectivity index (χ3n) is 6.94. The van der Waals surface area contributed by atoms with Crippen molar-refractivity contribution in [1.29, 1.82) is 0 Å². The van der Waals surface area contributed by atoms with Gasteiger partial charge < -0.3 is 19.7 Å². The molecule has 3 aliphatic heterocycles. The van der Waals surface area contributed by atoms with Crippen LogP contribution in [0, 0.1) is 5.92 Å². The van der Waals surface area contributed by atoms with Crippen LogP contribution < -0.4 is 9.64 Å². The van der Waals surface area contributed by atoms with Gasteiger partial charge in [-0.2, -0.15) is 0 Å². The number of aromatic hydroxyl groups is 1. The van der Waals surface area contributed by atoms with Crippen LogP contribution in [-0.2, 0) is 11.3 Å². The second-order valence-electron chi connectivity index (χ2n) is 9.12. The lowest BCUT2D eigenvalue weighted by atomic mass is 9.86. The number of carbonyl (C=O) groups is 2. The van der Waals surface area contributed by atoms with E-state index in [-0.39, 0.29) is 23.3 Å². The number of carboxylic acids is 1. The van der Waals surface area contributed by atoms with Crippen molar-refractivity contribution in [2.45, 2.75) is 25.5 Å². The minimum Gasteiger partial charge on any atom is -0.507 e. The highest BCUT2D eigenvalue weighted by Crippen LogP contribution is 2.40. The molecule has 0 spiro atoms. The number of nitrogens with zero attached hydrogens (tertiary/aromatic N) is 2. The number of para-hydroxylation sites is 1. The van der Waals surface area contributed by atoms with Crippen molar-refractivity contribution < 1.29 is 29.3 Å². The Kier molecular flexibility index (Phi) is 6.84. The van der Waals surface area contributed by atoms with Gasteiger partial charge in [-0.15, -0.1) is 11.3 Å². The molecule has 1 aromatic heterocycles. The Morgan fingerprint density at radius 1 is 1.08 bits per heavy atom. The maximum atomic E-state index is 13.7. The number of piperidine rings is 3. The molecule has 9 heteroatoms. The van der Waals surface area contributed by atoms with Crippen molar-refractivity contribution in [1.82, 2.24) is 4.90 Å². The van der Waals surface area contributed by atoms with Crippen LogP contribution in [0.2, 0.25) is 0 Å². The maximum Gasteiger partial charge on any atom is 0.414 e. The predicted molar refractivity (Wildman–Crippen MR) is 137 cm³/mol. The van der Waals surface area contributed by atoms with Crippen LogP contribution in [0.5, 0.6) is 11.5 Å². The van der Waals surface area contributed by atoms with E-state index in [0.29, 0.717) is 33.4 Å². The van der Waals surface area contributed by atoms with Crippen LogP contribution >= 0.6 is 11.3 Å². The molecule has 1 atom stereocenters. The van der Waals surface area contributed by atoms with Crippen molar-refractivity contribution in [2.24, 2.45) is 5.92 Å². The van der Waals surface area contributed by atoms with E-state index in [1.807, 2.05) is 18.2 Å². The lowest BCUT2D eigenvalue weighted by Gasteiger charge is -2.44.